The van der Waals surface area contributed by atoms with Gasteiger partial charge >= 0.3 is 12.1 Å². The first-order valence-corrected chi connectivity index (χ1v) is 5.76. The zero-order valence-electron chi connectivity index (χ0n) is 10.6. The number of halogens is 3. The number of carboxylic acids is 1. The van der Waals surface area contributed by atoms with Crippen LogP contribution in [0.1, 0.15) is 11.1 Å². The van der Waals surface area contributed by atoms with Crippen LogP contribution >= 0.6 is 0 Å². The maximum atomic E-state index is 12.6. The third-order valence-corrected chi connectivity index (χ3v) is 2.62. The maximum absolute atomic E-state index is 12.6. The fourth-order valence-electron chi connectivity index (χ4n) is 1.63. The SMILES string of the molecule is NCC(=O)NC(Cc1ccc(O)c(C(F)(F)F)c1)C(=O)O. The molecule has 0 aromatic heterocycles. The molecule has 0 spiro atoms. The number of carboxylic acid groups (broad SMARTS) is 1. The molecule has 0 aliphatic heterocycles. The number of hydrogen-bond acceptors (Lipinski definition) is 4. The minimum Gasteiger partial charge on any atom is -0.507 e. The fourth-order valence-corrected chi connectivity index (χ4v) is 1.63. The van der Waals surface area contributed by atoms with E-state index in [9.17, 15) is 27.9 Å². The third-order valence-electron chi connectivity index (χ3n) is 2.62. The van der Waals surface area contributed by atoms with E-state index in [4.69, 9.17) is 10.8 Å². The number of nitrogens with one attached hydrogen (secondary N) is 1. The normalized spacial score (nSPS) is 12.8. The largest absolute Gasteiger partial charge is 0.507 e. The van der Waals surface area contributed by atoms with E-state index in [2.05, 4.69) is 5.32 Å². The highest BCUT2D eigenvalue weighted by Gasteiger charge is 2.34. The molecule has 0 radical (unpaired) electrons. The minimum absolute atomic E-state index is 0.00449. The van der Waals surface area contributed by atoms with E-state index in [1.165, 1.54) is 0 Å². The lowest BCUT2D eigenvalue weighted by molar-refractivity contribution is -0.141. The summed E-state index contributed by atoms with van der Waals surface area (Å²) in [5.41, 5.74) is 3.76. The van der Waals surface area contributed by atoms with Gasteiger partial charge in [-0.1, -0.05) is 6.07 Å². The predicted molar refractivity (Wildman–Crippen MR) is 65.4 cm³/mol. The first-order chi connectivity index (χ1) is 9.65. The van der Waals surface area contributed by atoms with Gasteiger partial charge in [0, 0.05) is 6.42 Å². The van der Waals surface area contributed by atoms with Gasteiger partial charge in [0.2, 0.25) is 5.91 Å². The van der Waals surface area contributed by atoms with E-state index in [0.717, 1.165) is 12.1 Å². The second kappa shape index (κ2) is 6.44. The van der Waals surface area contributed by atoms with Gasteiger partial charge in [-0.3, -0.25) is 4.79 Å². The van der Waals surface area contributed by atoms with Crippen molar-refractivity contribution < 1.29 is 33.0 Å². The van der Waals surface area contributed by atoms with Crippen LogP contribution in [-0.4, -0.2) is 34.7 Å². The molecule has 0 saturated carbocycles. The Bertz CT molecular complexity index is 546. The highest BCUT2D eigenvalue weighted by Crippen LogP contribution is 2.36. The second-order valence-corrected chi connectivity index (χ2v) is 4.22. The van der Waals surface area contributed by atoms with Gasteiger partial charge in [-0.2, -0.15) is 13.2 Å². The highest BCUT2D eigenvalue weighted by molar-refractivity contribution is 5.84. The second-order valence-electron chi connectivity index (χ2n) is 4.22. The number of carbonyl (C=O) groups is 2. The quantitative estimate of drug-likeness (QED) is 0.632. The molecule has 1 unspecified atom stereocenters. The molecule has 1 aromatic carbocycles. The van der Waals surface area contributed by atoms with Crippen molar-refractivity contribution in [3.05, 3.63) is 29.3 Å². The summed E-state index contributed by atoms with van der Waals surface area (Å²) in [6.45, 7) is -0.437. The topological polar surface area (TPSA) is 113 Å². The molecule has 0 aliphatic carbocycles. The summed E-state index contributed by atoms with van der Waals surface area (Å²) >= 11 is 0. The summed E-state index contributed by atoms with van der Waals surface area (Å²) in [6.07, 6.45) is -5.14. The molecule has 0 saturated heterocycles. The minimum atomic E-state index is -4.76. The van der Waals surface area contributed by atoms with Crippen LogP contribution in [-0.2, 0) is 22.2 Å². The van der Waals surface area contributed by atoms with Crippen LogP contribution in [0.15, 0.2) is 18.2 Å². The number of phenols is 1. The van der Waals surface area contributed by atoms with Crippen molar-refractivity contribution in [2.75, 3.05) is 6.54 Å². The van der Waals surface area contributed by atoms with Crippen molar-refractivity contribution in [2.45, 2.75) is 18.6 Å². The molecule has 6 nitrogen and oxygen atoms in total. The van der Waals surface area contributed by atoms with E-state index in [0.29, 0.717) is 6.07 Å². The first kappa shape index (κ1) is 16.8. The van der Waals surface area contributed by atoms with Crippen LogP contribution in [0.2, 0.25) is 0 Å². The highest BCUT2D eigenvalue weighted by atomic mass is 19.4. The van der Waals surface area contributed by atoms with Gasteiger partial charge in [-0.25, -0.2) is 4.79 Å². The molecule has 0 fully saturated rings. The van der Waals surface area contributed by atoms with Crippen LogP contribution in [0, 0.1) is 0 Å². The Labute approximate surface area is 117 Å². The number of phenolic OH excluding ortho intramolecular Hbond substituents is 1. The Morgan fingerprint density at radius 3 is 2.43 bits per heavy atom. The average Bonchev–Trinajstić information content (AvgIpc) is 2.38. The summed E-state index contributed by atoms with van der Waals surface area (Å²) in [5, 5.41) is 20.2. The number of benzene rings is 1. The van der Waals surface area contributed by atoms with E-state index in [1.54, 1.807) is 0 Å². The zero-order chi connectivity index (χ0) is 16.2. The first-order valence-electron chi connectivity index (χ1n) is 5.76. The van der Waals surface area contributed by atoms with Gasteiger partial charge in [0.25, 0.3) is 0 Å². The van der Waals surface area contributed by atoms with Crippen molar-refractivity contribution in [3.63, 3.8) is 0 Å². The zero-order valence-corrected chi connectivity index (χ0v) is 10.6. The smallest absolute Gasteiger partial charge is 0.419 e. The number of carbonyl (C=O) groups excluding carboxylic acids is 1. The lowest BCUT2D eigenvalue weighted by Crippen LogP contribution is -2.44. The van der Waals surface area contributed by atoms with Crippen molar-refractivity contribution in [2.24, 2.45) is 5.73 Å². The molecule has 1 atom stereocenters. The Balaban J connectivity index is 3.00. The predicted octanol–water partition coefficient (Wildman–Crippen LogP) is 0.482. The summed E-state index contributed by atoms with van der Waals surface area (Å²) in [7, 11) is 0. The summed E-state index contributed by atoms with van der Waals surface area (Å²) in [6, 6.07) is 1.20. The molecule has 0 heterocycles. The van der Waals surface area contributed by atoms with Gasteiger partial charge < -0.3 is 21.3 Å². The van der Waals surface area contributed by atoms with E-state index in [1.807, 2.05) is 0 Å². The Morgan fingerprint density at radius 2 is 1.95 bits per heavy atom. The van der Waals surface area contributed by atoms with Crippen molar-refractivity contribution in [3.8, 4) is 5.75 Å². The number of aromatic hydroxyl groups is 1. The molecular formula is C12H13F3N2O4. The average molecular weight is 306 g/mol. The summed E-state index contributed by atoms with van der Waals surface area (Å²) < 4.78 is 37.9. The van der Waals surface area contributed by atoms with Crippen LogP contribution in [0.3, 0.4) is 0 Å². The molecular weight excluding hydrogens is 293 g/mol. The monoisotopic (exact) mass is 306 g/mol. The summed E-state index contributed by atoms with van der Waals surface area (Å²) in [4.78, 5) is 22.1. The number of nitrogens with two attached hydrogens (primary N) is 1. The van der Waals surface area contributed by atoms with Gasteiger partial charge in [0.1, 0.15) is 11.8 Å². The Morgan fingerprint density at radius 1 is 1.33 bits per heavy atom. The van der Waals surface area contributed by atoms with Crippen molar-refractivity contribution >= 4 is 11.9 Å². The van der Waals surface area contributed by atoms with Gasteiger partial charge in [-0.05, 0) is 17.7 Å². The van der Waals surface area contributed by atoms with Gasteiger partial charge in [-0.15, -0.1) is 0 Å². The summed E-state index contributed by atoms with van der Waals surface area (Å²) in [5.74, 6) is -3.10. The van der Waals surface area contributed by atoms with Gasteiger partial charge in [0.15, 0.2) is 0 Å². The lowest BCUT2D eigenvalue weighted by Gasteiger charge is -2.16. The Hall–Kier alpha value is -2.29. The number of aliphatic carboxylic acids is 1. The molecule has 1 aromatic rings. The van der Waals surface area contributed by atoms with Crippen LogP contribution in [0.4, 0.5) is 13.2 Å². The molecule has 1 amide bonds. The Kier molecular flexibility index (Phi) is 5.14. The number of amides is 1. The van der Waals surface area contributed by atoms with Crippen molar-refractivity contribution in [1.29, 1.82) is 0 Å². The standard InChI is InChI=1S/C12H13F3N2O4/c13-12(14,15)7-3-6(1-2-9(7)18)4-8(11(20)21)17-10(19)5-16/h1-3,8,18H,4-5,16H2,(H,17,19)(H,20,21). The van der Waals surface area contributed by atoms with Crippen LogP contribution < -0.4 is 11.1 Å². The maximum Gasteiger partial charge on any atom is 0.419 e. The number of hydrogen-bond donors (Lipinski definition) is 4. The third kappa shape index (κ3) is 4.63. The molecule has 21 heavy (non-hydrogen) atoms. The fraction of sp³-hybridized carbons (Fsp3) is 0.333. The molecule has 5 N–H and O–H groups in total. The molecule has 9 heteroatoms. The van der Waals surface area contributed by atoms with Crippen LogP contribution in [0.5, 0.6) is 5.75 Å². The van der Waals surface area contributed by atoms with E-state index < -0.39 is 42.0 Å². The number of rotatable bonds is 5. The van der Waals surface area contributed by atoms with E-state index in [-0.39, 0.29) is 12.0 Å². The number of alkyl halides is 3. The lowest BCUT2D eigenvalue weighted by atomic mass is 10.0. The van der Waals surface area contributed by atoms with E-state index >= 15 is 0 Å². The van der Waals surface area contributed by atoms with Gasteiger partial charge in [0.05, 0.1) is 12.1 Å². The van der Waals surface area contributed by atoms with Crippen LogP contribution in [0.25, 0.3) is 0 Å². The molecule has 116 valence electrons. The molecule has 0 bridgehead atoms. The molecule has 1 rings (SSSR count). The van der Waals surface area contributed by atoms with Crippen molar-refractivity contribution in [1.82, 2.24) is 5.32 Å². The molecule has 0 aliphatic rings.